The van der Waals surface area contributed by atoms with E-state index >= 15 is 0 Å². The zero-order valence-electron chi connectivity index (χ0n) is 12.0. The predicted octanol–water partition coefficient (Wildman–Crippen LogP) is 6.27. The van der Waals surface area contributed by atoms with Gasteiger partial charge in [0.1, 0.15) is 17.0 Å². The number of nitrogens with one attached hydrogen (secondary N) is 1. The molecule has 0 fully saturated rings. The van der Waals surface area contributed by atoms with Crippen molar-refractivity contribution >= 4 is 67.9 Å². The van der Waals surface area contributed by atoms with Crippen molar-refractivity contribution < 1.29 is 0 Å². The maximum absolute atomic E-state index is 6.27. The lowest BCUT2D eigenvalue weighted by atomic mass is 9.97. The van der Waals surface area contributed by atoms with E-state index in [1.807, 2.05) is 0 Å². The highest BCUT2D eigenvalue weighted by Crippen LogP contribution is 2.40. The summed E-state index contributed by atoms with van der Waals surface area (Å²) in [6.07, 6.45) is 6.24. The fourth-order valence-corrected chi connectivity index (χ4v) is 4.75. The lowest BCUT2D eigenvalue weighted by molar-refractivity contribution is 0.700. The molecule has 0 saturated carbocycles. The number of rotatable bonds is 2. The molecule has 0 radical (unpaired) electrons. The highest BCUT2D eigenvalue weighted by molar-refractivity contribution is 7.19. The Morgan fingerprint density at radius 3 is 2.61 bits per heavy atom. The monoisotopic (exact) mass is 383 g/mol. The molecule has 0 bridgehead atoms. The van der Waals surface area contributed by atoms with Crippen LogP contribution in [0.1, 0.15) is 23.3 Å². The van der Waals surface area contributed by atoms with Crippen LogP contribution in [0.3, 0.4) is 0 Å². The Morgan fingerprint density at radius 2 is 1.74 bits per heavy atom. The molecule has 0 atom stereocenters. The van der Waals surface area contributed by atoms with Gasteiger partial charge < -0.3 is 5.32 Å². The lowest BCUT2D eigenvalue weighted by Crippen LogP contribution is -2.01. The van der Waals surface area contributed by atoms with Crippen LogP contribution in [0.15, 0.2) is 18.5 Å². The minimum absolute atomic E-state index is 0.433. The molecule has 118 valence electrons. The van der Waals surface area contributed by atoms with Crippen molar-refractivity contribution in [2.45, 2.75) is 25.7 Å². The van der Waals surface area contributed by atoms with E-state index in [2.05, 4.69) is 15.3 Å². The molecule has 1 aliphatic rings. The average molecular weight is 385 g/mol. The molecule has 1 aliphatic carbocycles. The van der Waals surface area contributed by atoms with Gasteiger partial charge in [0, 0.05) is 4.88 Å². The van der Waals surface area contributed by atoms with Crippen molar-refractivity contribution in [3.05, 3.63) is 44.0 Å². The van der Waals surface area contributed by atoms with Crippen LogP contribution in [-0.2, 0) is 12.8 Å². The molecule has 0 aliphatic heterocycles. The van der Waals surface area contributed by atoms with Gasteiger partial charge in [0.05, 0.1) is 26.1 Å². The second kappa shape index (κ2) is 6.10. The molecule has 0 unspecified atom stereocenters. The average Bonchev–Trinajstić information content (AvgIpc) is 2.92. The molecule has 0 saturated heterocycles. The number of aromatic nitrogens is 2. The highest BCUT2D eigenvalue weighted by atomic mass is 35.5. The van der Waals surface area contributed by atoms with Crippen molar-refractivity contribution in [1.82, 2.24) is 9.97 Å². The van der Waals surface area contributed by atoms with Crippen LogP contribution in [-0.4, -0.2) is 9.97 Å². The molecule has 1 aromatic carbocycles. The van der Waals surface area contributed by atoms with Crippen LogP contribution < -0.4 is 5.32 Å². The Labute approximate surface area is 152 Å². The molecule has 3 aromatic rings. The van der Waals surface area contributed by atoms with Gasteiger partial charge in [-0.25, -0.2) is 9.97 Å². The summed E-state index contributed by atoms with van der Waals surface area (Å²) in [4.78, 5) is 11.3. The van der Waals surface area contributed by atoms with E-state index in [1.54, 1.807) is 29.8 Å². The summed E-state index contributed by atoms with van der Waals surface area (Å²) in [6.45, 7) is 0. The summed E-state index contributed by atoms with van der Waals surface area (Å²) in [5.74, 6) is 0.773. The number of thiophene rings is 1. The number of aryl methyl sites for hydroxylation is 2. The van der Waals surface area contributed by atoms with Gasteiger partial charge >= 0.3 is 0 Å². The first-order valence-electron chi connectivity index (χ1n) is 7.30. The first-order valence-corrected chi connectivity index (χ1v) is 9.25. The Hall–Kier alpha value is -1.07. The summed E-state index contributed by atoms with van der Waals surface area (Å²) in [5, 5.41) is 5.80. The van der Waals surface area contributed by atoms with Gasteiger partial charge in [-0.15, -0.1) is 11.3 Å². The van der Waals surface area contributed by atoms with Crippen LogP contribution in [0.5, 0.6) is 0 Å². The van der Waals surface area contributed by atoms with Crippen LogP contribution in [0, 0.1) is 0 Å². The van der Waals surface area contributed by atoms with E-state index in [0.29, 0.717) is 20.8 Å². The predicted molar refractivity (Wildman–Crippen MR) is 98.8 cm³/mol. The molecule has 0 amide bonds. The first kappa shape index (κ1) is 15.5. The van der Waals surface area contributed by atoms with Gasteiger partial charge in [-0.3, -0.25) is 0 Å². The van der Waals surface area contributed by atoms with Crippen molar-refractivity contribution in [2.24, 2.45) is 0 Å². The van der Waals surface area contributed by atoms with Crippen LogP contribution in [0.4, 0.5) is 11.5 Å². The highest BCUT2D eigenvalue weighted by Gasteiger charge is 2.20. The molecule has 3 nitrogen and oxygen atoms in total. The maximum atomic E-state index is 6.27. The number of hydrogen-bond acceptors (Lipinski definition) is 4. The number of halogens is 3. The molecule has 0 spiro atoms. The molecular formula is C16H12Cl3N3S. The number of hydrogen-bond donors (Lipinski definition) is 1. The third-order valence-electron chi connectivity index (χ3n) is 4.01. The minimum Gasteiger partial charge on any atom is -0.338 e. The van der Waals surface area contributed by atoms with E-state index in [1.165, 1.54) is 23.3 Å². The fourth-order valence-electron chi connectivity index (χ4n) is 2.93. The lowest BCUT2D eigenvalue weighted by Gasteiger charge is -2.13. The molecule has 2 aromatic heterocycles. The van der Waals surface area contributed by atoms with Gasteiger partial charge in [-0.05, 0) is 43.4 Å². The van der Waals surface area contributed by atoms with E-state index in [4.69, 9.17) is 34.8 Å². The molecule has 2 heterocycles. The normalized spacial score (nSPS) is 14.0. The zero-order valence-corrected chi connectivity index (χ0v) is 15.1. The van der Waals surface area contributed by atoms with Gasteiger partial charge in [-0.2, -0.15) is 0 Å². The topological polar surface area (TPSA) is 37.8 Å². The third-order valence-corrected chi connectivity index (χ3v) is 6.25. The van der Waals surface area contributed by atoms with Gasteiger partial charge in [0.15, 0.2) is 0 Å². The summed E-state index contributed by atoms with van der Waals surface area (Å²) in [6, 6.07) is 3.36. The van der Waals surface area contributed by atoms with Crippen molar-refractivity contribution in [3.63, 3.8) is 0 Å². The second-order valence-corrected chi connectivity index (χ2v) is 7.79. The number of fused-ring (bicyclic) bond motifs is 3. The standard InChI is InChI=1S/C16H12Cl3N3S/c17-9-5-11(19)12(6-10(9)18)22-15-14-8-3-1-2-4-13(8)23-16(14)21-7-20-15/h5-7H,1-4H2,(H,20,21,22). The van der Waals surface area contributed by atoms with Crippen LogP contribution in [0.2, 0.25) is 15.1 Å². The SMILES string of the molecule is Clc1cc(Cl)c(Nc2ncnc3sc4c(c23)CCCC4)cc1Cl. The Bertz CT molecular complexity index is 907. The molecular weight excluding hydrogens is 373 g/mol. The number of nitrogens with zero attached hydrogens (tertiary/aromatic N) is 2. The van der Waals surface area contributed by atoms with Gasteiger partial charge in [-0.1, -0.05) is 34.8 Å². The Balaban J connectivity index is 1.83. The summed E-state index contributed by atoms with van der Waals surface area (Å²) < 4.78 is 0. The summed E-state index contributed by atoms with van der Waals surface area (Å²) in [7, 11) is 0. The maximum Gasteiger partial charge on any atom is 0.142 e. The minimum atomic E-state index is 0.433. The number of benzene rings is 1. The second-order valence-electron chi connectivity index (χ2n) is 5.48. The summed E-state index contributed by atoms with van der Waals surface area (Å²) in [5.41, 5.74) is 2.06. The first-order chi connectivity index (χ1) is 11.1. The summed E-state index contributed by atoms with van der Waals surface area (Å²) >= 11 is 20.1. The smallest absolute Gasteiger partial charge is 0.142 e. The Kier molecular flexibility index (Phi) is 4.10. The third kappa shape index (κ3) is 2.78. The van der Waals surface area contributed by atoms with Crippen molar-refractivity contribution in [2.75, 3.05) is 5.32 Å². The van der Waals surface area contributed by atoms with Crippen molar-refractivity contribution in [3.8, 4) is 0 Å². The quantitative estimate of drug-likeness (QED) is 0.529. The van der Waals surface area contributed by atoms with E-state index < -0.39 is 0 Å². The van der Waals surface area contributed by atoms with Crippen LogP contribution >= 0.6 is 46.1 Å². The van der Waals surface area contributed by atoms with Gasteiger partial charge in [0.2, 0.25) is 0 Å². The van der Waals surface area contributed by atoms with E-state index in [9.17, 15) is 0 Å². The van der Waals surface area contributed by atoms with E-state index in [-0.39, 0.29) is 0 Å². The molecule has 4 rings (SSSR count). The molecule has 7 heteroatoms. The van der Waals surface area contributed by atoms with Crippen LogP contribution in [0.25, 0.3) is 10.2 Å². The zero-order chi connectivity index (χ0) is 16.0. The molecule has 23 heavy (non-hydrogen) atoms. The van der Waals surface area contributed by atoms with E-state index in [0.717, 1.165) is 28.9 Å². The Morgan fingerprint density at radius 1 is 0.957 bits per heavy atom. The number of anilines is 2. The largest absolute Gasteiger partial charge is 0.338 e. The van der Waals surface area contributed by atoms with Crippen molar-refractivity contribution in [1.29, 1.82) is 0 Å². The van der Waals surface area contributed by atoms with Gasteiger partial charge in [0.25, 0.3) is 0 Å². The molecule has 1 N–H and O–H groups in total. The fraction of sp³-hybridized carbons (Fsp3) is 0.250.